The van der Waals surface area contributed by atoms with Gasteiger partial charge in [-0.2, -0.15) is 0 Å². The molecule has 0 saturated heterocycles. The number of quaternary nitrogens is 1. The molecule has 1 amide bonds. The minimum atomic E-state index is -4.58. The predicted molar refractivity (Wildman–Crippen MR) is 284 cm³/mol. The molecule has 0 aliphatic rings. The molecule has 66 heavy (non-hydrogen) atoms. The maximum atomic E-state index is 12.9. The molecule has 0 bridgehead atoms. The van der Waals surface area contributed by atoms with Crippen LogP contribution in [0.1, 0.15) is 284 Å². The van der Waals surface area contributed by atoms with Crippen molar-refractivity contribution in [2.75, 3.05) is 40.9 Å². The van der Waals surface area contributed by atoms with Crippen molar-refractivity contribution in [1.29, 1.82) is 0 Å². The monoisotopic (exact) mass is 953 g/mol. The molecule has 0 aromatic carbocycles. The third-order valence-electron chi connectivity index (χ3n) is 13.2. The van der Waals surface area contributed by atoms with Gasteiger partial charge >= 0.3 is 0 Å². The third kappa shape index (κ3) is 50.8. The van der Waals surface area contributed by atoms with Gasteiger partial charge in [0.15, 0.2) is 0 Å². The first kappa shape index (κ1) is 65.0. The number of nitrogens with zero attached hydrogens (tertiary/aromatic N) is 1. The minimum Gasteiger partial charge on any atom is -0.756 e. The van der Waals surface area contributed by atoms with E-state index >= 15 is 0 Å². The molecule has 9 heteroatoms. The lowest BCUT2D eigenvalue weighted by atomic mass is 10.0. The average Bonchev–Trinajstić information content (AvgIpc) is 3.28. The van der Waals surface area contributed by atoms with E-state index in [0.29, 0.717) is 17.4 Å². The molecule has 0 fully saturated rings. The van der Waals surface area contributed by atoms with Crippen LogP contribution in [-0.2, 0) is 18.4 Å². The van der Waals surface area contributed by atoms with Gasteiger partial charge in [0.25, 0.3) is 7.82 Å². The summed E-state index contributed by atoms with van der Waals surface area (Å²) in [6, 6.07) is -0.881. The number of hydrogen-bond acceptors (Lipinski definition) is 6. The van der Waals surface area contributed by atoms with Crippen LogP contribution in [0.4, 0.5) is 0 Å². The van der Waals surface area contributed by atoms with Crippen molar-refractivity contribution in [3.63, 3.8) is 0 Å². The summed E-state index contributed by atoms with van der Waals surface area (Å²) < 4.78 is 23.2. The zero-order valence-electron chi connectivity index (χ0n) is 44.7. The van der Waals surface area contributed by atoms with Crippen LogP contribution in [0.5, 0.6) is 0 Å². The van der Waals surface area contributed by atoms with E-state index in [1.165, 1.54) is 225 Å². The fourth-order valence-corrected chi connectivity index (χ4v) is 9.34. The molecule has 3 atom stereocenters. The molecule has 3 unspecified atom stereocenters. The van der Waals surface area contributed by atoms with Crippen LogP contribution in [0, 0.1) is 0 Å². The van der Waals surface area contributed by atoms with Crippen LogP contribution in [0.15, 0.2) is 24.3 Å². The molecule has 0 aliphatic carbocycles. The van der Waals surface area contributed by atoms with E-state index in [0.717, 1.165) is 38.5 Å². The number of carbonyl (C=O) groups excluding carboxylic acids is 1. The van der Waals surface area contributed by atoms with Gasteiger partial charge in [-0.15, -0.1) is 0 Å². The number of allylic oxidation sites excluding steroid dienone is 3. The number of likely N-dealkylation sites (N-methyl/N-ethyl adjacent to an activating group) is 1. The first-order valence-corrected chi connectivity index (χ1v) is 30.2. The highest BCUT2D eigenvalue weighted by Gasteiger charge is 2.23. The van der Waals surface area contributed by atoms with Gasteiger partial charge in [0, 0.05) is 6.42 Å². The van der Waals surface area contributed by atoms with Gasteiger partial charge in [-0.05, 0) is 44.9 Å². The highest BCUT2D eigenvalue weighted by atomic mass is 31.2. The fraction of sp³-hybridized carbons (Fsp3) is 0.912. The van der Waals surface area contributed by atoms with Crippen molar-refractivity contribution in [1.82, 2.24) is 5.32 Å². The van der Waals surface area contributed by atoms with Gasteiger partial charge < -0.3 is 28.8 Å². The smallest absolute Gasteiger partial charge is 0.268 e. The Hall–Kier alpha value is -1.02. The predicted octanol–water partition coefficient (Wildman–Crippen LogP) is 16.6. The number of carbonyl (C=O) groups is 1. The van der Waals surface area contributed by atoms with Crippen LogP contribution >= 0.6 is 7.82 Å². The number of amides is 1. The van der Waals surface area contributed by atoms with Crippen molar-refractivity contribution >= 4 is 13.7 Å². The van der Waals surface area contributed by atoms with E-state index in [4.69, 9.17) is 9.05 Å². The standard InChI is InChI=1S/C57H113N2O6P/c1-6-8-10-12-14-16-17-18-19-20-21-22-23-24-25-26-27-28-29-30-31-32-33-34-35-36-37-38-39-40-41-43-45-47-49-51-57(61)58-55(54-65-66(62,63)64-53-52-59(3,4)5)56(60)50-48-46-44-42-15-13-11-9-7-2/h26-27,48,50,55-56,60H,6-25,28-47,49,51-54H2,1-5H3,(H-,58,61,62,63)/b27-26-,50-48+. The quantitative estimate of drug-likeness (QED) is 0.0272. The molecule has 0 radical (unpaired) electrons. The molecular formula is C57H113N2O6P. The van der Waals surface area contributed by atoms with Gasteiger partial charge in [0.2, 0.25) is 5.91 Å². The summed E-state index contributed by atoms with van der Waals surface area (Å²) in [4.78, 5) is 25.3. The molecule has 392 valence electrons. The Labute approximate surface area is 411 Å². The number of phosphoric ester groups is 1. The zero-order valence-corrected chi connectivity index (χ0v) is 45.6. The van der Waals surface area contributed by atoms with Gasteiger partial charge in [-0.25, -0.2) is 0 Å². The van der Waals surface area contributed by atoms with Gasteiger partial charge in [-0.3, -0.25) is 9.36 Å². The Morgan fingerprint density at radius 3 is 1.18 bits per heavy atom. The number of rotatable bonds is 53. The Morgan fingerprint density at radius 1 is 0.515 bits per heavy atom. The maximum absolute atomic E-state index is 12.9. The summed E-state index contributed by atoms with van der Waals surface area (Å²) in [5.74, 6) is -0.196. The van der Waals surface area contributed by atoms with Crippen LogP contribution in [0.25, 0.3) is 0 Å². The number of aliphatic hydroxyl groups excluding tert-OH is 1. The fourth-order valence-electron chi connectivity index (χ4n) is 8.62. The average molecular weight is 954 g/mol. The Bertz CT molecular complexity index is 1130. The van der Waals surface area contributed by atoms with E-state index < -0.39 is 20.0 Å². The van der Waals surface area contributed by atoms with Crippen LogP contribution in [-0.4, -0.2) is 68.5 Å². The van der Waals surface area contributed by atoms with Gasteiger partial charge in [0.05, 0.1) is 39.9 Å². The maximum Gasteiger partial charge on any atom is 0.268 e. The van der Waals surface area contributed by atoms with E-state index in [1.807, 2.05) is 27.2 Å². The molecule has 0 rings (SSSR count). The summed E-state index contributed by atoms with van der Waals surface area (Å²) in [5, 5.41) is 13.8. The van der Waals surface area contributed by atoms with E-state index in [1.54, 1.807) is 6.08 Å². The van der Waals surface area contributed by atoms with Crippen LogP contribution < -0.4 is 10.2 Å². The molecule has 8 nitrogen and oxygen atoms in total. The summed E-state index contributed by atoms with van der Waals surface area (Å²) >= 11 is 0. The second-order valence-corrected chi connectivity index (χ2v) is 22.4. The zero-order chi connectivity index (χ0) is 48.5. The van der Waals surface area contributed by atoms with E-state index in [-0.39, 0.29) is 19.1 Å². The summed E-state index contributed by atoms with van der Waals surface area (Å²) in [5.41, 5.74) is 0. The van der Waals surface area contributed by atoms with E-state index in [2.05, 4.69) is 31.3 Å². The number of unbranched alkanes of at least 4 members (excludes halogenated alkanes) is 38. The Balaban J connectivity index is 3.86. The van der Waals surface area contributed by atoms with Crippen molar-refractivity contribution in [2.45, 2.75) is 296 Å². The van der Waals surface area contributed by atoms with Crippen molar-refractivity contribution in [3.8, 4) is 0 Å². The molecule has 0 aromatic rings. The van der Waals surface area contributed by atoms with Gasteiger partial charge in [0.1, 0.15) is 13.2 Å². The lowest BCUT2D eigenvalue weighted by molar-refractivity contribution is -0.870. The third-order valence-corrected chi connectivity index (χ3v) is 14.1. The summed E-state index contributed by atoms with van der Waals surface area (Å²) in [6.45, 7) is 4.64. The number of aliphatic hydroxyl groups is 1. The Morgan fingerprint density at radius 2 is 0.833 bits per heavy atom. The highest BCUT2D eigenvalue weighted by molar-refractivity contribution is 7.45. The SMILES string of the molecule is CCCCCCCCC/C=C/C(O)C(COP(=O)([O-])OCC[N+](C)(C)C)NC(=O)CCCCCCCCCCCCCCCCCCC/C=C\CCCCCCCCCCCCCCCC. The largest absolute Gasteiger partial charge is 0.756 e. The molecular weight excluding hydrogens is 840 g/mol. The first-order valence-electron chi connectivity index (χ1n) is 28.7. The Kier molecular flexibility index (Phi) is 48.2. The normalized spacial score (nSPS) is 14.1. The second-order valence-electron chi connectivity index (χ2n) is 21.0. The molecule has 2 N–H and O–H groups in total. The van der Waals surface area contributed by atoms with Crippen molar-refractivity contribution in [3.05, 3.63) is 24.3 Å². The van der Waals surface area contributed by atoms with Crippen LogP contribution in [0.2, 0.25) is 0 Å². The minimum absolute atomic E-state index is 0.000708. The lowest BCUT2D eigenvalue weighted by Gasteiger charge is -2.29. The number of hydrogen-bond donors (Lipinski definition) is 2. The van der Waals surface area contributed by atoms with Crippen molar-refractivity contribution in [2.24, 2.45) is 0 Å². The van der Waals surface area contributed by atoms with Crippen molar-refractivity contribution < 1.29 is 32.9 Å². The molecule has 0 aliphatic heterocycles. The number of phosphoric acid groups is 1. The van der Waals surface area contributed by atoms with Crippen LogP contribution in [0.3, 0.4) is 0 Å². The summed E-state index contributed by atoms with van der Waals surface area (Å²) in [7, 11) is 1.27. The van der Waals surface area contributed by atoms with Gasteiger partial charge in [-0.1, -0.05) is 256 Å². The molecule has 0 spiro atoms. The van der Waals surface area contributed by atoms with E-state index in [9.17, 15) is 19.4 Å². The number of nitrogens with one attached hydrogen (secondary N) is 1. The topological polar surface area (TPSA) is 108 Å². The summed E-state index contributed by atoms with van der Waals surface area (Å²) in [6.07, 6.45) is 61.5. The second kappa shape index (κ2) is 49.0. The molecule has 0 aromatic heterocycles. The molecule has 0 saturated carbocycles. The first-order chi connectivity index (χ1) is 32.0. The molecule has 0 heterocycles. The lowest BCUT2D eigenvalue weighted by Crippen LogP contribution is -2.45. The highest BCUT2D eigenvalue weighted by Crippen LogP contribution is 2.38.